The normalized spacial score (nSPS) is 35.7. The van der Waals surface area contributed by atoms with Crippen molar-refractivity contribution in [3.63, 3.8) is 0 Å². The van der Waals surface area contributed by atoms with Crippen LogP contribution in [-0.4, -0.2) is 11.1 Å². The van der Waals surface area contributed by atoms with Crippen LogP contribution < -0.4 is 0 Å². The Bertz CT molecular complexity index is 263. The van der Waals surface area contributed by atoms with Crippen LogP contribution >= 0.6 is 0 Å². The Labute approximate surface area is 72.3 Å². The van der Waals surface area contributed by atoms with Crippen LogP contribution in [0, 0.1) is 17.3 Å². The molecule has 0 aromatic carbocycles. The minimum absolute atomic E-state index is 0.255. The highest BCUT2D eigenvalue weighted by atomic mass is 16.4. The largest absolute Gasteiger partial charge is 0.481 e. The molecule has 12 heavy (non-hydrogen) atoms. The van der Waals surface area contributed by atoms with E-state index in [1.54, 1.807) is 0 Å². The predicted octanol–water partition coefficient (Wildman–Crippen LogP) is 2.06. The van der Waals surface area contributed by atoms with Crippen LogP contribution in [0.25, 0.3) is 0 Å². The quantitative estimate of drug-likeness (QED) is 0.637. The summed E-state index contributed by atoms with van der Waals surface area (Å²) in [6.45, 7) is 4.47. The van der Waals surface area contributed by atoms with Gasteiger partial charge in [-0.05, 0) is 23.7 Å². The molecule has 1 fully saturated rings. The molecule has 0 saturated heterocycles. The number of carboxylic acids is 1. The fourth-order valence-electron chi connectivity index (χ4n) is 2.68. The highest BCUT2D eigenvalue weighted by molar-refractivity contribution is 5.71. The molecule has 0 aliphatic heterocycles. The van der Waals surface area contributed by atoms with Crippen LogP contribution in [0.1, 0.15) is 26.7 Å². The molecule has 2 heteroatoms. The van der Waals surface area contributed by atoms with Gasteiger partial charge in [0.1, 0.15) is 0 Å². The van der Waals surface area contributed by atoms with Gasteiger partial charge in [0.15, 0.2) is 0 Å². The van der Waals surface area contributed by atoms with Gasteiger partial charge in [-0.1, -0.05) is 25.5 Å². The average molecular weight is 166 g/mol. The minimum Gasteiger partial charge on any atom is -0.481 e. The zero-order chi connectivity index (χ0) is 8.93. The van der Waals surface area contributed by atoms with Crippen LogP contribution in [0.5, 0.6) is 0 Å². The van der Waals surface area contributed by atoms with Crippen molar-refractivity contribution >= 4 is 5.97 Å². The van der Waals surface area contributed by atoms with E-state index >= 15 is 0 Å². The van der Waals surface area contributed by atoms with E-state index < -0.39 is 5.97 Å². The van der Waals surface area contributed by atoms with Gasteiger partial charge in [-0.25, -0.2) is 0 Å². The van der Waals surface area contributed by atoms with Gasteiger partial charge < -0.3 is 5.11 Å². The molecule has 1 saturated carbocycles. The summed E-state index contributed by atoms with van der Waals surface area (Å²) in [5.41, 5.74) is 1.55. The Kier molecular flexibility index (Phi) is 1.39. The second kappa shape index (κ2) is 2.12. The number of fused-ring (bicyclic) bond motifs is 1. The maximum atomic E-state index is 10.5. The van der Waals surface area contributed by atoms with Gasteiger partial charge in [-0.15, -0.1) is 0 Å². The third-order valence-electron chi connectivity index (χ3n) is 3.44. The molecule has 2 aliphatic carbocycles. The van der Waals surface area contributed by atoms with Gasteiger partial charge in [0.2, 0.25) is 0 Å². The van der Waals surface area contributed by atoms with Gasteiger partial charge in [-0.3, -0.25) is 4.79 Å². The van der Waals surface area contributed by atoms with E-state index in [1.165, 1.54) is 0 Å². The molecule has 2 aliphatic rings. The first-order valence-electron chi connectivity index (χ1n) is 4.44. The number of aliphatic carboxylic acids is 1. The van der Waals surface area contributed by atoms with Gasteiger partial charge in [-0.2, -0.15) is 0 Å². The summed E-state index contributed by atoms with van der Waals surface area (Å²) in [5.74, 6) is 0.630. The van der Waals surface area contributed by atoms with E-state index in [4.69, 9.17) is 5.11 Å². The van der Waals surface area contributed by atoms with Gasteiger partial charge in [0.25, 0.3) is 0 Å². The van der Waals surface area contributed by atoms with Crippen molar-refractivity contribution in [1.29, 1.82) is 0 Å². The van der Waals surface area contributed by atoms with Crippen molar-refractivity contribution in [3.05, 3.63) is 11.6 Å². The summed E-state index contributed by atoms with van der Waals surface area (Å²) in [6.07, 6.45) is 3.47. The average Bonchev–Trinajstić information content (AvgIpc) is 2.36. The van der Waals surface area contributed by atoms with Gasteiger partial charge >= 0.3 is 5.97 Å². The SMILES string of the molecule is CC1(C)C2CC=C(CC(=O)O)C21. The topological polar surface area (TPSA) is 37.3 Å². The van der Waals surface area contributed by atoms with Gasteiger partial charge in [0, 0.05) is 0 Å². The van der Waals surface area contributed by atoms with E-state index in [2.05, 4.69) is 19.9 Å². The molecule has 0 spiro atoms. The van der Waals surface area contributed by atoms with Crippen molar-refractivity contribution in [3.8, 4) is 0 Å². The predicted molar refractivity (Wildman–Crippen MR) is 45.7 cm³/mol. The highest BCUT2D eigenvalue weighted by Crippen LogP contribution is 2.67. The van der Waals surface area contributed by atoms with Gasteiger partial charge in [0.05, 0.1) is 6.42 Å². The summed E-state index contributed by atoms with van der Waals surface area (Å²) in [5, 5.41) is 8.64. The Balaban J connectivity index is 2.07. The Morgan fingerprint density at radius 1 is 1.75 bits per heavy atom. The lowest BCUT2D eigenvalue weighted by atomic mass is 9.98. The van der Waals surface area contributed by atoms with E-state index in [9.17, 15) is 4.79 Å². The van der Waals surface area contributed by atoms with Crippen molar-refractivity contribution in [1.82, 2.24) is 0 Å². The maximum Gasteiger partial charge on any atom is 0.307 e. The standard InChI is InChI=1S/C10H14O2/c1-10(2)7-4-3-6(9(7)10)5-8(11)12/h3,7,9H,4-5H2,1-2H3,(H,11,12). The number of hydrogen-bond donors (Lipinski definition) is 1. The highest BCUT2D eigenvalue weighted by Gasteiger charge is 2.60. The molecule has 2 nitrogen and oxygen atoms in total. The smallest absolute Gasteiger partial charge is 0.307 e. The second-order valence-corrected chi connectivity index (χ2v) is 4.49. The lowest BCUT2D eigenvalue weighted by molar-refractivity contribution is -0.136. The first kappa shape index (κ1) is 7.84. The molecule has 2 unspecified atom stereocenters. The first-order valence-corrected chi connectivity index (χ1v) is 4.44. The summed E-state index contributed by atoms with van der Waals surface area (Å²) in [7, 11) is 0. The molecule has 1 N–H and O–H groups in total. The summed E-state index contributed by atoms with van der Waals surface area (Å²) < 4.78 is 0. The summed E-state index contributed by atoms with van der Waals surface area (Å²) in [4.78, 5) is 10.5. The molecule has 2 atom stereocenters. The number of carbonyl (C=O) groups is 1. The first-order chi connectivity index (χ1) is 5.53. The van der Waals surface area contributed by atoms with Crippen LogP contribution in [0.2, 0.25) is 0 Å². The van der Waals surface area contributed by atoms with Crippen LogP contribution in [0.3, 0.4) is 0 Å². The van der Waals surface area contributed by atoms with E-state index in [0.717, 1.165) is 17.9 Å². The molecule has 0 aromatic rings. The minimum atomic E-state index is -0.690. The van der Waals surface area contributed by atoms with E-state index in [0.29, 0.717) is 11.3 Å². The number of hydrogen-bond acceptors (Lipinski definition) is 1. The molecule has 2 rings (SSSR count). The van der Waals surface area contributed by atoms with Crippen LogP contribution in [-0.2, 0) is 4.79 Å². The molecular weight excluding hydrogens is 152 g/mol. The summed E-state index contributed by atoms with van der Waals surface area (Å²) >= 11 is 0. The molecule has 0 radical (unpaired) electrons. The second-order valence-electron chi connectivity index (χ2n) is 4.49. The Morgan fingerprint density at radius 2 is 2.42 bits per heavy atom. The summed E-state index contributed by atoms with van der Waals surface area (Å²) in [6, 6.07) is 0. The fraction of sp³-hybridized carbons (Fsp3) is 0.700. The molecular formula is C10H14O2. The van der Waals surface area contributed by atoms with Crippen LogP contribution in [0.4, 0.5) is 0 Å². The van der Waals surface area contributed by atoms with Crippen molar-refractivity contribution in [2.45, 2.75) is 26.7 Å². The van der Waals surface area contributed by atoms with E-state index in [-0.39, 0.29) is 6.42 Å². The Hall–Kier alpha value is -0.790. The van der Waals surface area contributed by atoms with Crippen LogP contribution in [0.15, 0.2) is 11.6 Å². The van der Waals surface area contributed by atoms with Crippen molar-refractivity contribution in [2.75, 3.05) is 0 Å². The molecule has 0 amide bonds. The maximum absolute atomic E-state index is 10.5. The molecule has 0 bridgehead atoms. The zero-order valence-corrected chi connectivity index (χ0v) is 7.50. The molecule has 0 heterocycles. The van der Waals surface area contributed by atoms with Crippen molar-refractivity contribution < 1.29 is 9.90 Å². The molecule has 66 valence electrons. The zero-order valence-electron chi connectivity index (χ0n) is 7.50. The lowest BCUT2D eigenvalue weighted by Crippen LogP contribution is -2.02. The Morgan fingerprint density at radius 3 is 2.83 bits per heavy atom. The number of allylic oxidation sites excluding steroid dienone is 1. The van der Waals surface area contributed by atoms with Crippen molar-refractivity contribution in [2.24, 2.45) is 17.3 Å². The third-order valence-corrected chi connectivity index (χ3v) is 3.44. The lowest BCUT2D eigenvalue weighted by Gasteiger charge is -2.07. The third kappa shape index (κ3) is 0.904. The monoisotopic (exact) mass is 166 g/mol. The number of carboxylic acid groups (broad SMARTS) is 1. The molecule has 0 aromatic heterocycles. The number of rotatable bonds is 2. The van der Waals surface area contributed by atoms with E-state index in [1.807, 2.05) is 0 Å². The fourth-order valence-corrected chi connectivity index (χ4v) is 2.68.